The Kier molecular flexibility index (Phi) is 9.07. The molecular formula is C46H42N2. The smallest absolute Gasteiger partial charge is 0.0490 e. The predicted octanol–water partition coefficient (Wildman–Crippen LogP) is 12.8. The average Bonchev–Trinajstić information content (AvgIpc) is 3.32. The van der Waals surface area contributed by atoms with Crippen molar-refractivity contribution in [2.75, 3.05) is 9.80 Å². The van der Waals surface area contributed by atoms with Gasteiger partial charge in [0.2, 0.25) is 0 Å². The third-order valence-electron chi connectivity index (χ3n) is 9.35. The molecule has 2 atom stereocenters. The molecular weight excluding hydrogens is 581 g/mol. The summed E-state index contributed by atoms with van der Waals surface area (Å²) in [6.45, 7) is 6.75. The monoisotopic (exact) mass is 622 g/mol. The van der Waals surface area contributed by atoms with Crippen LogP contribution in [0.1, 0.15) is 42.9 Å². The summed E-state index contributed by atoms with van der Waals surface area (Å²) in [4.78, 5) is 4.74. The molecule has 2 heteroatoms. The van der Waals surface area contributed by atoms with Crippen LogP contribution in [0.3, 0.4) is 0 Å². The summed E-state index contributed by atoms with van der Waals surface area (Å²) in [6.07, 6.45) is 16.9. The van der Waals surface area contributed by atoms with Crippen LogP contribution in [-0.4, -0.2) is 0 Å². The SMILES string of the molecule is CC1=CC=C(c2ccc(N(C3=CC=CC(C)C3)c3ccccc3)cc2)C=CC1c1ccc(N(c2ccccc2)c2ccccc2)c(C)c1. The summed E-state index contributed by atoms with van der Waals surface area (Å²) in [5, 5.41) is 0. The van der Waals surface area contributed by atoms with Crippen molar-refractivity contribution in [3.05, 3.63) is 204 Å². The lowest BCUT2D eigenvalue weighted by Crippen LogP contribution is -2.19. The maximum Gasteiger partial charge on any atom is 0.0490 e. The lowest BCUT2D eigenvalue weighted by molar-refractivity contribution is 0.696. The van der Waals surface area contributed by atoms with Crippen molar-refractivity contribution in [2.24, 2.45) is 5.92 Å². The third kappa shape index (κ3) is 6.61. The first-order chi connectivity index (χ1) is 23.5. The Morgan fingerprint density at radius 2 is 1.15 bits per heavy atom. The van der Waals surface area contributed by atoms with E-state index < -0.39 is 0 Å². The van der Waals surface area contributed by atoms with E-state index in [9.17, 15) is 0 Å². The number of hydrogen-bond acceptors (Lipinski definition) is 2. The fourth-order valence-corrected chi connectivity index (χ4v) is 6.85. The van der Waals surface area contributed by atoms with Gasteiger partial charge in [-0.05, 0) is 109 Å². The van der Waals surface area contributed by atoms with E-state index in [0.29, 0.717) is 5.92 Å². The maximum atomic E-state index is 2.39. The first kappa shape index (κ1) is 31.0. The van der Waals surface area contributed by atoms with E-state index in [0.717, 1.165) is 17.8 Å². The van der Waals surface area contributed by atoms with Gasteiger partial charge in [0.1, 0.15) is 0 Å². The molecule has 0 saturated heterocycles. The molecule has 2 aliphatic carbocycles. The van der Waals surface area contributed by atoms with Crippen LogP contribution in [0.15, 0.2) is 187 Å². The van der Waals surface area contributed by atoms with Crippen LogP contribution < -0.4 is 9.80 Å². The molecule has 0 heterocycles. The molecule has 0 spiro atoms. The van der Waals surface area contributed by atoms with E-state index in [1.54, 1.807) is 0 Å². The zero-order chi connectivity index (χ0) is 32.9. The number of aryl methyl sites for hydroxylation is 1. The molecule has 2 unspecified atom stereocenters. The van der Waals surface area contributed by atoms with Crippen LogP contribution in [0, 0.1) is 12.8 Å². The summed E-state index contributed by atoms with van der Waals surface area (Å²) in [7, 11) is 0. The van der Waals surface area contributed by atoms with Gasteiger partial charge in [0.15, 0.2) is 0 Å². The highest BCUT2D eigenvalue weighted by atomic mass is 15.2. The second kappa shape index (κ2) is 14.0. The second-order valence-corrected chi connectivity index (χ2v) is 12.9. The van der Waals surface area contributed by atoms with Crippen LogP contribution in [0.25, 0.3) is 5.57 Å². The van der Waals surface area contributed by atoms with Crippen molar-refractivity contribution in [1.82, 2.24) is 0 Å². The normalized spacial score (nSPS) is 17.2. The molecule has 0 saturated carbocycles. The number of anilines is 5. The van der Waals surface area contributed by atoms with Gasteiger partial charge in [-0.2, -0.15) is 0 Å². The van der Waals surface area contributed by atoms with E-state index in [4.69, 9.17) is 0 Å². The van der Waals surface area contributed by atoms with Crippen LogP contribution in [-0.2, 0) is 0 Å². The number of benzene rings is 5. The number of rotatable bonds is 8. The lowest BCUT2D eigenvalue weighted by Gasteiger charge is -2.30. The van der Waals surface area contributed by atoms with Crippen molar-refractivity contribution >= 4 is 34.0 Å². The Morgan fingerprint density at radius 3 is 1.73 bits per heavy atom. The zero-order valence-electron chi connectivity index (χ0n) is 28.0. The van der Waals surface area contributed by atoms with Crippen LogP contribution in [0.4, 0.5) is 28.4 Å². The number of allylic oxidation sites excluding steroid dienone is 10. The quantitative estimate of drug-likeness (QED) is 0.170. The molecule has 2 nitrogen and oxygen atoms in total. The molecule has 5 aromatic rings. The van der Waals surface area contributed by atoms with Crippen molar-refractivity contribution in [2.45, 2.75) is 33.1 Å². The van der Waals surface area contributed by atoms with Gasteiger partial charge in [-0.25, -0.2) is 0 Å². The summed E-state index contributed by atoms with van der Waals surface area (Å²) < 4.78 is 0. The van der Waals surface area contributed by atoms with Crippen LogP contribution in [0.5, 0.6) is 0 Å². The van der Waals surface area contributed by atoms with Crippen molar-refractivity contribution < 1.29 is 0 Å². The van der Waals surface area contributed by atoms with E-state index in [1.807, 2.05) is 0 Å². The maximum absolute atomic E-state index is 2.39. The standard InChI is InChI=1S/C46H42N2/c1-34-14-13-21-44(32-34)47(40-15-7-4-8-16-40)43-28-24-38(25-29-43)37-23-22-35(2)45(30-26-37)39-27-31-46(36(3)33-39)48(41-17-9-5-10-18-41)42-19-11-6-12-20-42/h4-31,33-34,45H,32H2,1-3H3. The molecule has 2 aliphatic rings. The molecule has 48 heavy (non-hydrogen) atoms. The molecule has 0 amide bonds. The van der Waals surface area contributed by atoms with Crippen molar-refractivity contribution in [3.63, 3.8) is 0 Å². The predicted molar refractivity (Wildman–Crippen MR) is 206 cm³/mol. The fraction of sp³-hybridized carbons (Fsp3) is 0.130. The molecule has 0 N–H and O–H groups in total. The van der Waals surface area contributed by atoms with Crippen molar-refractivity contribution in [1.29, 1.82) is 0 Å². The Morgan fingerprint density at radius 1 is 0.562 bits per heavy atom. The van der Waals surface area contributed by atoms with Gasteiger partial charge in [0.05, 0.1) is 0 Å². The summed E-state index contributed by atoms with van der Waals surface area (Å²) >= 11 is 0. The minimum Gasteiger partial charge on any atom is -0.314 e. The third-order valence-corrected chi connectivity index (χ3v) is 9.35. The lowest BCUT2D eigenvalue weighted by atomic mass is 9.90. The minimum absolute atomic E-state index is 0.203. The number of hydrogen-bond donors (Lipinski definition) is 0. The van der Waals surface area contributed by atoms with Gasteiger partial charge in [-0.3, -0.25) is 0 Å². The highest BCUT2D eigenvalue weighted by molar-refractivity contribution is 5.80. The highest BCUT2D eigenvalue weighted by Crippen LogP contribution is 2.40. The average molecular weight is 623 g/mol. The van der Waals surface area contributed by atoms with Crippen LogP contribution >= 0.6 is 0 Å². The molecule has 0 aromatic heterocycles. The topological polar surface area (TPSA) is 6.48 Å². The van der Waals surface area contributed by atoms with Gasteiger partial charge in [-0.1, -0.05) is 128 Å². The van der Waals surface area contributed by atoms with Gasteiger partial charge >= 0.3 is 0 Å². The Hall–Kier alpha value is -5.60. The fourth-order valence-electron chi connectivity index (χ4n) is 6.85. The highest BCUT2D eigenvalue weighted by Gasteiger charge is 2.20. The van der Waals surface area contributed by atoms with E-state index >= 15 is 0 Å². The molecule has 5 aromatic carbocycles. The minimum atomic E-state index is 0.203. The van der Waals surface area contributed by atoms with Crippen molar-refractivity contribution in [3.8, 4) is 0 Å². The van der Waals surface area contributed by atoms with Gasteiger partial charge in [-0.15, -0.1) is 0 Å². The molecule has 236 valence electrons. The Labute approximate surface area is 286 Å². The van der Waals surface area contributed by atoms with E-state index in [2.05, 4.69) is 207 Å². The first-order valence-corrected chi connectivity index (χ1v) is 17.0. The number of para-hydroxylation sites is 3. The van der Waals surface area contributed by atoms with Gasteiger partial charge in [0.25, 0.3) is 0 Å². The number of nitrogens with zero attached hydrogens (tertiary/aromatic N) is 2. The Balaban J connectivity index is 1.15. The van der Waals surface area contributed by atoms with E-state index in [1.165, 1.54) is 50.6 Å². The Bertz CT molecular complexity index is 1970. The zero-order valence-corrected chi connectivity index (χ0v) is 28.0. The summed E-state index contributed by atoms with van der Waals surface area (Å²) in [5.41, 5.74) is 13.5. The van der Waals surface area contributed by atoms with E-state index in [-0.39, 0.29) is 5.92 Å². The molecule has 0 bridgehead atoms. The van der Waals surface area contributed by atoms with Crippen LogP contribution in [0.2, 0.25) is 0 Å². The molecule has 0 radical (unpaired) electrons. The first-order valence-electron chi connectivity index (χ1n) is 17.0. The summed E-state index contributed by atoms with van der Waals surface area (Å²) in [6, 6.07) is 47.9. The molecule has 7 rings (SSSR count). The van der Waals surface area contributed by atoms with Gasteiger partial charge < -0.3 is 9.80 Å². The second-order valence-electron chi connectivity index (χ2n) is 12.9. The summed E-state index contributed by atoms with van der Waals surface area (Å²) in [5.74, 6) is 0.723. The molecule has 0 aliphatic heterocycles. The molecule has 0 fully saturated rings. The largest absolute Gasteiger partial charge is 0.314 e. The van der Waals surface area contributed by atoms with Gasteiger partial charge in [0, 0.05) is 40.1 Å².